The molecule has 0 fully saturated rings. The van der Waals surface area contributed by atoms with E-state index in [0.717, 1.165) is 5.56 Å². The topological polar surface area (TPSA) is 97.8 Å². The van der Waals surface area contributed by atoms with Crippen molar-refractivity contribution in [3.63, 3.8) is 0 Å². The maximum absolute atomic E-state index is 14.5. The Morgan fingerprint density at radius 2 is 1.69 bits per heavy atom. The van der Waals surface area contributed by atoms with E-state index in [4.69, 9.17) is 9.40 Å². The third-order valence-electron chi connectivity index (χ3n) is 7.81. The van der Waals surface area contributed by atoms with Gasteiger partial charge in [0.15, 0.2) is 0 Å². The zero-order valence-electron chi connectivity index (χ0n) is 21.0. The Kier molecular flexibility index (Phi) is 5.33. The van der Waals surface area contributed by atoms with Crippen molar-refractivity contribution in [2.45, 2.75) is 58.5 Å². The standard InChI is InChI=1S/C27H27F2N5O2/c1-14-15-12-19(21-16(28)8-7-9-17(21)29)33-34-22(15)27(6,25(14,2)3)24-30-11-10-18(31-24)23-32-20(13-36-23)26(4,5)35/h7-14,35H,1-6H3/t14-,27+/m0/s1. The molecule has 0 spiro atoms. The van der Waals surface area contributed by atoms with Gasteiger partial charge in [-0.05, 0) is 61.9 Å². The number of oxazole rings is 1. The SMILES string of the molecule is C[C@H]1c2cc(-c3c(F)cccc3F)nnc2[C@](C)(c2nccc(-c3nc(C(C)(C)O)co3)n2)C1(C)C. The van der Waals surface area contributed by atoms with Crippen molar-refractivity contribution < 1.29 is 18.3 Å². The Hall–Kier alpha value is -3.59. The van der Waals surface area contributed by atoms with Gasteiger partial charge < -0.3 is 9.52 Å². The first-order chi connectivity index (χ1) is 16.9. The maximum Gasteiger partial charge on any atom is 0.245 e. The molecule has 0 radical (unpaired) electrons. The second kappa shape index (κ2) is 7.96. The quantitative estimate of drug-likeness (QED) is 0.400. The third kappa shape index (κ3) is 3.44. The molecule has 3 aromatic heterocycles. The molecule has 1 N–H and O–H groups in total. The molecule has 3 heterocycles. The summed E-state index contributed by atoms with van der Waals surface area (Å²) in [5.41, 5.74) is -0.0643. The molecule has 186 valence electrons. The summed E-state index contributed by atoms with van der Waals surface area (Å²) >= 11 is 0. The van der Waals surface area contributed by atoms with Crippen LogP contribution in [0.2, 0.25) is 0 Å². The van der Waals surface area contributed by atoms with Crippen LogP contribution in [0.1, 0.15) is 70.2 Å². The molecule has 0 aliphatic heterocycles. The van der Waals surface area contributed by atoms with Crippen LogP contribution in [0.15, 0.2) is 47.2 Å². The predicted molar refractivity (Wildman–Crippen MR) is 129 cm³/mol. The van der Waals surface area contributed by atoms with E-state index < -0.39 is 28.1 Å². The van der Waals surface area contributed by atoms with Crippen molar-refractivity contribution in [2.24, 2.45) is 5.41 Å². The highest BCUT2D eigenvalue weighted by Gasteiger charge is 2.57. The van der Waals surface area contributed by atoms with E-state index in [-0.39, 0.29) is 23.1 Å². The summed E-state index contributed by atoms with van der Waals surface area (Å²) in [6.07, 6.45) is 3.04. The minimum absolute atomic E-state index is 0.0441. The van der Waals surface area contributed by atoms with Crippen molar-refractivity contribution in [1.29, 1.82) is 0 Å². The lowest BCUT2D eigenvalue weighted by Gasteiger charge is -2.39. The second-order valence-corrected chi connectivity index (χ2v) is 10.6. The molecule has 2 atom stereocenters. The summed E-state index contributed by atoms with van der Waals surface area (Å²) in [5.74, 6) is -0.663. The van der Waals surface area contributed by atoms with Crippen LogP contribution in [0, 0.1) is 17.0 Å². The molecule has 5 rings (SSSR count). The molecule has 1 aliphatic carbocycles. The summed E-state index contributed by atoms with van der Waals surface area (Å²) in [6, 6.07) is 7.14. The second-order valence-electron chi connectivity index (χ2n) is 10.6. The maximum atomic E-state index is 14.5. The van der Waals surface area contributed by atoms with Crippen LogP contribution in [0.5, 0.6) is 0 Å². The van der Waals surface area contributed by atoms with Crippen molar-refractivity contribution >= 4 is 0 Å². The number of aromatic nitrogens is 5. The number of halogens is 2. The van der Waals surface area contributed by atoms with E-state index in [2.05, 4.69) is 40.9 Å². The molecule has 0 saturated heterocycles. The average Bonchev–Trinajstić information content (AvgIpc) is 3.38. The Labute approximate surface area is 207 Å². The van der Waals surface area contributed by atoms with E-state index in [9.17, 15) is 13.9 Å². The van der Waals surface area contributed by atoms with Gasteiger partial charge in [-0.15, -0.1) is 5.10 Å². The fourth-order valence-corrected chi connectivity index (χ4v) is 4.90. The van der Waals surface area contributed by atoms with Gasteiger partial charge in [0.2, 0.25) is 5.89 Å². The molecule has 7 nitrogen and oxygen atoms in total. The number of aliphatic hydroxyl groups is 1. The lowest BCUT2D eigenvalue weighted by atomic mass is 9.64. The van der Waals surface area contributed by atoms with Gasteiger partial charge in [-0.25, -0.2) is 23.7 Å². The number of hydrogen-bond acceptors (Lipinski definition) is 7. The van der Waals surface area contributed by atoms with Crippen molar-refractivity contribution in [2.75, 3.05) is 0 Å². The van der Waals surface area contributed by atoms with E-state index in [1.54, 1.807) is 32.2 Å². The Bertz CT molecular complexity index is 1460. The lowest BCUT2D eigenvalue weighted by molar-refractivity contribution is 0.0738. The monoisotopic (exact) mass is 491 g/mol. The normalized spacial score (nSPS) is 21.0. The molecule has 9 heteroatoms. The fraction of sp³-hybridized carbons (Fsp3) is 0.370. The number of benzene rings is 1. The highest BCUT2D eigenvalue weighted by atomic mass is 19.1. The molecule has 36 heavy (non-hydrogen) atoms. The van der Waals surface area contributed by atoms with Crippen LogP contribution in [0.3, 0.4) is 0 Å². The van der Waals surface area contributed by atoms with Gasteiger partial charge >= 0.3 is 0 Å². The van der Waals surface area contributed by atoms with Gasteiger partial charge in [-0.3, -0.25) is 0 Å². The van der Waals surface area contributed by atoms with Crippen LogP contribution in [0.4, 0.5) is 8.78 Å². The van der Waals surface area contributed by atoms with Crippen LogP contribution in [-0.2, 0) is 11.0 Å². The van der Waals surface area contributed by atoms with Crippen LogP contribution >= 0.6 is 0 Å². The molecule has 1 aliphatic rings. The van der Waals surface area contributed by atoms with Crippen LogP contribution in [-0.4, -0.2) is 30.3 Å². The smallest absolute Gasteiger partial charge is 0.245 e. The third-order valence-corrected chi connectivity index (χ3v) is 7.81. The minimum atomic E-state index is -1.16. The molecule has 0 bridgehead atoms. The lowest BCUT2D eigenvalue weighted by Crippen LogP contribution is -2.40. The average molecular weight is 492 g/mol. The summed E-state index contributed by atoms with van der Waals surface area (Å²) in [6.45, 7) is 11.5. The first-order valence-corrected chi connectivity index (χ1v) is 11.7. The largest absolute Gasteiger partial charge is 0.443 e. The zero-order chi connectivity index (χ0) is 26.0. The Balaban J connectivity index is 1.64. The molecule has 0 unspecified atom stereocenters. The molecular weight excluding hydrogens is 464 g/mol. The Morgan fingerprint density at radius 3 is 2.33 bits per heavy atom. The zero-order valence-corrected chi connectivity index (χ0v) is 21.0. The molecule has 4 aromatic rings. The van der Waals surface area contributed by atoms with Gasteiger partial charge in [-0.1, -0.05) is 26.8 Å². The molecule has 0 amide bonds. The first kappa shape index (κ1) is 24.1. The Morgan fingerprint density at radius 1 is 1.00 bits per heavy atom. The van der Waals surface area contributed by atoms with Gasteiger partial charge in [-0.2, -0.15) is 5.10 Å². The van der Waals surface area contributed by atoms with Crippen LogP contribution < -0.4 is 0 Å². The van der Waals surface area contributed by atoms with Gasteiger partial charge in [0.05, 0.1) is 22.4 Å². The molecule has 0 saturated carbocycles. The molecular formula is C27H27F2N5O2. The van der Waals surface area contributed by atoms with Crippen molar-refractivity contribution in [1.82, 2.24) is 25.1 Å². The van der Waals surface area contributed by atoms with Gasteiger partial charge in [0.1, 0.15) is 40.7 Å². The number of fused-ring (bicyclic) bond motifs is 1. The van der Waals surface area contributed by atoms with Crippen molar-refractivity contribution in [3.05, 3.63) is 77.2 Å². The summed E-state index contributed by atoms with van der Waals surface area (Å²) < 4.78 is 34.6. The summed E-state index contributed by atoms with van der Waals surface area (Å²) in [5, 5.41) is 19.0. The van der Waals surface area contributed by atoms with Crippen molar-refractivity contribution in [3.8, 4) is 22.8 Å². The summed E-state index contributed by atoms with van der Waals surface area (Å²) in [7, 11) is 0. The number of hydrogen-bond donors (Lipinski definition) is 1. The minimum Gasteiger partial charge on any atom is -0.443 e. The fourth-order valence-electron chi connectivity index (χ4n) is 4.90. The van der Waals surface area contributed by atoms with E-state index in [0.29, 0.717) is 22.9 Å². The number of rotatable bonds is 4. The van der Waals surface area contributed by atoms with E-state index >= 15 is 0 Å². The first-order valence-electron chi connectivity index (χ1n) is 11.7. The highest BCUT2D eigenvalue weighted by molar-refractivity contribution is 5.63. The molecule has 1 aromatic carbocycles. The van der Waals surface area contributed by atoms with Crippen LogP contribution in [0.25, 0.3) is 22.8 Å². The van der Waals surface area contributed by atoms with E-state index in [1.807, 2.05) is 6.92 Å². The highest BCUT2D eigenvalue weighted by Crippen LogP contribution is 2.60. The predicted octanol–water partition coefficient (Wildman–Crippen LogP) is 5.54. The number of nitrogens with zero attached hydrogens (tertiary/aromatic N) is 5. The van der Waals surface area contributed by atoms with Gasteiger partial charge in [0.25, 0.3) is 0 Å². The van der Waals surface area contributed by atoms with E-state index in [1.165, 1.54) is 24.5 Å². The van der Waals surface area contributed by atoms with Gasteiger partial charge in [0, 0.05) is 6.20 Å². The summed E-state index contributed by atoms with van der Waals surface area (Å²) in [4.78, 5) is 13.8.